The normalized spacial score (nSPS) is 24.1. The van der Waals surface area contributed by atoms with Gasteiger partial charge in [0.1, 0.15) is 0 Å². The van der Waals surface area contributed by atoms with Gasteiger partial charge in [-0.25, -0.2) is 12.7 Å². The van der Waals surface area contributed by atoms with Crippen molar-refractivity contribution in [2.24, 2.45) is 5.92 Å². The van der Waals surface area contributed by atoms with Gasteiger partial charge in [0, 0.05) is 19.7 Å². The SMILES string of the molecule is O=S(=O)(CC1CCOC1)N1CCC(OCc2ccccc2)CC1. The van der Waals surface area contributed by atoms with E-state index in [-0.39, 0.29) is 17.8 Å². The summed E-state index contributed by atoms with van der Waals surface area (Å²) in [7, 11) is -3.16. The zero-order valence-electron chi connectivity index (χ0n) is 13.4. The van der Waals surface area contributed by atoms with E-state index < -0.39 is 10.0 Å². The van der Waals surface area contributed by atoms with Crippen molar-refractivity contribution in [2.45, 2.75) is 32.0 Å². The largest absolute Gasteiger partial charge is 0.381 e. The first-order chi connectivity index (χ1) is 11.1. The predicted octanol–water partition coefficient (Wildman–Crippen LogP) is 2.03. The molecular weight excluding hydrogens is 314 g/mol. The van der Waals surface area contributed by atoms with Crippen LogP contribution in [-0.4, -0.2) is 50.9 Å². The van der Waals surface area contributed by atoms with Crippen LogP contribution in [0, 0.1) is 5.92 Å². The average Bonchev–Trinajstić information content (AvgIpc) is 3.06. The van der Waals surface area contributed by atoms with Crippen molar-refractivity contribution in [3.8, 4) is 0 Å². The number of hydrogen-bond acceptors (Lipinski definition) is 4. The third-order valence-corrected chi connectivity index (χ3v) is 6.64. The van der Waals surface area contributed by atoms with Crippen LogP contribution in [0.25, 0.3) is 0 Å². The molecule has 0 aliphatic carbocycles. The Bertz CT molecular complexity index is 576. The molecule has 1 aromatic rings. The lowest BCUT2D eigenvalue weighted by Crippen LogP contribution is -2.43. The van der Waals surface area contributed by atoms with Crippen LogP contribution in [-0.2, 0) is 26.1 Å². The molecule has 0 radical (unpaired) electrons. The van der Waals surface area contributed by atoms with E-state index in [1.165, 1.54) is 0 Å². The summed E-state index contributed by atoms with van der Waals surface area (Å²) in [4.78, 5) is 0. The van der Waals surface area contributed by atoms with Gasteiger partial charge in [-0.05, 0) is 30.7 Å². The Kier molecular flexibility index (Phi) is 5.69. The lowest BCUT2D eigenvalue weighted by molar-refractivity contribution is 0.0102. The fraction of sp³-hybridized carbons (Fsp3) is 0.647. The molecule has 2 saturated heterocycles. The molecule has 5 nitrogen and oxygen atoms in total. The number of rotatable bonds is 6. The maximum atomic E-state index is 12.5. The van der Waals surface area contributed by atoms with Gasteiger partial charge >= 0.3 is 0 Å². The van der Waals surface area contributed by atoms with Crippen LogP contribution >= 0.6 is 0 Å². The number of piperidine rings is 1. The summed E-state index contributed by atoms with van der Waals surface area (Å²) in [5.74, 6) is 0.384. The molecule has 0 saturated carbocycles. The molecule has 3 rings (SSSR count). The zero-order chi connectivity index (χ0) is 16.1. The van der Waals surface area contributed by atoms with Gasteiger partial charge in [-0.2, -0.15) is 0 Å². The summed E-state index contributed by atoms with van der Waals surface area (Å²) in [6, 6.07) is 10.1. The standard InChI is InChI=1S/C17H25NO4S/c19-23(20,14-16-8-11-21-12-16)18-9-6-17(7-10-18)22-13-15-4-2-1-3-5-15/h1-5,16-17H,6-14H2. The van der Waals surface area contributed by atoms with Crippen molar-refractivity contribution < 1.29 is 17.9 Å². The Morgan fingerprint density at radius 1 is 1.13 bits per heavy atom. The molecule has 1 unspecified atom stereocenters. The van der Waals surface area contributed by atoms with Crippen molar-refractivity contribution in [1.29, 1.82) is 0 Å². The van der Waals surface area contributed by atoms with Gasteiger partial charge in [-0.3, -0.25) is 0 Å². The topological polar surface area (TPSA) is 55.8 Å². The molecule has 2 heterocycles. The van der Waals surface area contributed by atoms with E-state index in [0.717, 1.165) is 24.8 Å². The Morgan fingerprint density at radius 2 is 1.87 bits per heavy atom. The predicted molar refractivity (Wildman–Crippen MR) is 88.5 cm³/mol. The molecule has 2 aliphatic heterocycles. The Balaban J connectivity index is 1.44. The molecule has 0 spiro atoms. The Labute approximate surface area is 138 Å². The van der Waals surface area contributed by atoms with Gasteiger partial charge < -0.3 is 9.47 Å². The van der Waals surface area contributed by atoms with Gasteiger partial charge in [0.25, 0.3) is 0 Å². The summed E-state index contributed by atoms with van der Waals surface area (Å²) in [6.07, 6.45) is 2.55. The van der Waals surface area contributed by atoms with Crippen molar-refractivity contribution in [2.75, 3.05) is 32.1 Å². The Morgan fingerprint density at radius 3 is 2.52 bits per heavy atom. The third kappa shape index (κ3) is 4.76. The molecule has 128 valence electrons. The van der Waals surface area contributed by atoms with Crippen molar-refractivity contribution >= 4 is 10.0 Å². The fourth-order valence-electron chi connectivity index (χ4n) is 3.18. The molecule has 1 atom stereocenters. The highest BCUT2D eigenvalue weighted by Gasteiger charge is 2.31. The highest BCUT2D eigenvalue weighted by atomic mass is 32.2. The number of ether oxygens (including phenoxy) is 2. The first-order valence-corrected chi connectivity index (χ1v) is 9.95. The van der Waals surface area contributed by atoms with Crippen LogP contribution in [0.1, 0.15) is 24.8 Å². The van der Waals surface area contributed by atoms with Crippen LogP contribution in [0.4, 0.5) is 0 Å². The highest BCUT2D eigenvalue weighted by Crippen LogP contribution is 2.22. The minimum absolute atomic E-state index is 0.150. The number of benzene rings is 1. The highest BCUT2D eigenvalue weighted by molar-refractivity contribution is 7.89. The number of hydrogen-bond donors (Lipinski definition) is 0. The molecule has 0 N–H and O–H groups in total. The van der Waals surface area contributed by atoms with Crippen LogP contribution in [0.15, 0.2) is 30.3 Å². The van der Waals surface area contributed by atoms with Gasteiger partial charge in [0.15, 0.2) is 0 Å². The molecule has 0 aromatic heterocycles. The second-order valence-electron chi connectivity index (χ2n) is 6.40. The molecular formula is C17H25NO4S. The lowest BCUT2D eigenvalue weighted by Gasteiger charge is -2.31. The lowest BCUT2D eigenvalue weighted by atomic mass is 10.1. The van der Waals surface area contributed by atoms with Crippen molar-refractivity contribution in [3.63, 3.8) is 0 Å². The second-order valence-corrected chi connectivity index (χ2v) is 8.42. The number of nitrogens with zero attached hydrogens (tertiary/aromatic N) is 1. The summed E-state index contributed by atoms with van der Waals surface area (Å²) in [5.41, 5.74) is 1.16. The van der Waals surface area contributed by atoms with Crippen molar-refractivity contribution in [1.82, 2.24) is 4.31 Å². The average molecular weight is 339 g/mol. The van der Waals surface area contributed by atoms with Crippen LogP contribution in [0.2, 0.25) is 0 Å². The fourth-order valence-corrected chi connectivity index (χ4v) is 5.02. The molecule has 2 aliphatic rings. The van der Waals surface area contributed by atoms with E-state index in [0.29, 0.717) is 32.9 Å². The van der Waals surface area contributed by atoms with Crippen LogP contribution in [0.3, 0.4) is 0 Å². The summed E-state index contributed by atoms with van der Waals surface area (Å²) >= 11 is 0. The van der Waals surface area contributed by atoms with E-state index in [1.807, 2.05) is 30.3 Å². The third-order valence-electron chi connectivity index (χ3n) is 4.59. The monoisotopic (exact) mass is 339 g/mol. The summed E-state index contributed by atoms with van der Waals surface area (Å²) in [6.45, 7) is 2.99. The van der Waals surface area contributed by atoms with E-state index in [2.05, 4.69) is 0 Å². The number of sulfonamides is 1. The van der Waals surface area contributed by atoms with Gasteiger partial charge in [-0.1, -0.05) is 30.3 Å². The minimum atomic E-state index is -3.16. The van der Waals surface area contributed by atoms with E-state index in [4.69, 9.17) is 9.47 Å². The minimum Gasteiger partial charge on any atom is -0.381 e. The summed E-state index contributed by atoms with van der Waals surface area (Å²) in [5, 5.41) is 0. The van der Waals surface area contributed by atoms with E-state index >= 15 is 0 Å². The van der Waals surface area contributed by atoms with E-state index in [1.54, 1.807) is 4.31 Å². The first-order valence-electron chi connectivity index (χ1n) is 8.34. The van der Waals surface area contributed by atoms with E-state index in [9.17, 15) is 8.42 Å². The maximum absolute atomic E-state index is 12.5. The molecule has 6 heteroatoms. The van der Waals surface area contributed by atoms with Crippen LogP contribution < -0.4 is 0 Å². The second kappa shape index (κ2) is 7.75. The maximum Gasteiger partial charge on any atom is 0.214 e. The first kappa shape index (κ1) is 16.9. The van der Waals surface area contributed by atoms with Crippen LogP contribution in [0.5, 0.6) is 0 Å². The Hall–Kier alpha value is -0.950. The quantitative estimate of drug-likeness (QED) is 0.796. The molecule has 0 bridgehead atoms. The van der Waals surface area contributed by atoms with Gasteiger partial charge in [-0.15, -0.1) is 0 Å². The zero-order valence-corrected chi connectivity index (χ0v) is 14.2. The summed E-state index contributed by atoms with van der Waals surface area (Å²) < 4.78 is 37.7. The van der Waals surface area contributed by atoms with Crippen molar-refractivity contribution in [3.05, 3.63) is 35.9 Å². The molecule has 2 fully saturated rings. The van der Waals surface area contributed by atoms with Gasteiger partial charge in [0.05, 0.1) is 25.1 Å². The molecule has 0 amide bonds. The molecule has 1 aromatic carbocycles. The molecule has 23 heavy (non-hydrogen) atoms. The smallest absolute Gasteiger partial charge is 0.214 e. The van der Waals surface area contributed by atoms with Gasteiger partial charge in [0.2, 0.25) is 10.0 Å².